The first kappa shape index (κ1) is 17.0. The second-order valence-corrected chi connectivity index (χ2v) is 5.36. The van der Waals surface area contributed by atoms with Crippen LogP contribution in [0.5, 0.6) is 0 Å². The van der Waals surface area contributed by atoms with Gasteiger partial charge in [0, 0.05) is 0 Å². The number of halogens is 1. The van der Waals surface area contributed by atoms with Crippen molar-refractivity contribution in [3.8, 4) is 12.1 Å². The van der Waals surface area contributed by atoms with Gasteiger partial charge in [0.05, 0.1) is 28.4 Å². The number of carbonyl (C=O) groups excluding carboxylic acids is 1. The summed E-state index contributed by atoms with van der Waals surface area (Å²) in [7, 11) is 0. The maximum Gasteiger partial charge on any atom is 0.244 e. The Morgan fingerprint density at radius 2 is 1.90 bits per heavy atom. The van der Waals surface area contributed by atoms with E-state index in [1.54, 1.807) is 12.1 Å². The van der Waals surface area contributed by atoms with Crippen molar-refractivity contribution in [1.82, 2.24) is 0 Å². The number of nitriles is 2. The summed E-state index contributed by atoms with van der Waals surface area (Å²) in [6.45, 7) is 3.89. The molecule has 0 spiro atoms. The van der Waals surface area contributed by atoms with E-state index in [2.05, 4.69) is 11.4 Å². The van der Waals surface area contributed by atoms with Crippen LogP contribution in [0.2, 0.25) is 5.02 Å². The number of rotatable bonds is 6. The zero-order chi connectivity index (χ0) is 15.9. The lowest BCUT2D eigenvalue weighted by atomic mass is 9.79. The summed E-state index contributed by atoms with van der Waals surface area (Å²) in [5, 5.41) is 21.4. The molecule has 0 heterocycles. The normalized spacial score (nSPS) is 10.5. The SMILES string of the molecule is CCCC(C#N)(CCC)C(=O)Nc1cc(C#N)ccc1Cl. The van der Waals surface area contributed by atoms with Crippen LogP contribution < -0.4 is 5.32 Å². The molecule has 0 fully saturated rings. The van der Waals surface area contributed by atoms with Crippen molar-refractivity contribution in [2.75, 3.05) is 5.32 Å². The van der Waals surface area contributed by atoms with Gasteiger partial charge in [0.2, 0.25) is 5.91 Å². The third-order valence-corrected chi connectivity index (χ3v) is 3.68. The molecule has 1 amide bonds. The Balaban J connectivity index is 3.08. The van der Waals surface area contributed by atoms with E-state index in [-0.39, 0.29) is 5.91 Å². The van der Waals surface area contributed by atoms with Crippen molar-refractivity contribution in [2.24, 2.45) is 5.41 Å². The number of carbonyl (C=O) groups is 1. The number of benzene rings is 1. The van der Waals surface area contributed by atoms with Gasteiger partial charge in [-0.25, -0.2) is 0 Å². The first-order valence-corrected chi connectivity index (χ1v) is 7.33. The molecule has 0 saturated heterocycles. The molecule has 1 rings (SSSR count). The quantitative estimate of drug-likeness (QED) is 0.853. The van der Waals surface area contributed by atoms with Gasteiger partial charge in [-0.3, -0.25) is 4.79 Å². The van der Waals surface area contributed by atoms with Gasteiger partial charge in [0.25, 0.3) is 0 Å². The number of amides is 1. The number of nitrogens with zero attached hydrogens (tertiary/aromatic N) is 2. The highest BCUT2D eigenvalue weighted by Gasteiger charge is 2.37. The van der Waals surface area contributed by atoms with Gasteiger partial charge < -0.3 is 5.32 Å². The minimum absolute atomic E-state index is 0.349. The summed E-state index contributed by atoms with van der Waals surface area (Å²) < 4.78 is 0. The van der Waals surface area contributed by atoms with Crippen molar-refractivity contribution >= 4 is 23.2 Å². The lowest BCUT2D eigenvalue weighted by Crippen LogP contribution is -2.35. The van der Waals surface area contributed by atoms with E-state index in [0.29, 0.717) is 29.1 Å². The van der Waals surface area contributed by atoms with Gasteiger partial charge in [0.15, 0.2) is 0 Å². The molecule has 0 aliphatic carbocycles. The monoisotopic (exact) mass is 303 g/mol. The van der Waals surface area contributed by atoms with E-state index in [4.69, 9.17) is 16.9 Å². The van der Waals surface area contributed by atoms with Crippen molar-refractivity contribution in [3.63, 3.8) is 0 Å². The molecule has 5 heteroatoms. The van der Waals surface area contributed by atoms with Crippen LogP contribution in [0.4, 0.5) is 5.69 Å². The maximum absolute atomic E-state index is 12.5. The summed E-state index contributed by atoms with van der Waals surface area (Å²) in [6, 6.07) is 8.81. The van der Waals surface area contributed by atoms with E-state index in [1.807, 2.05) is 19.9 Å². The van der Waals surface area contributed by atoms with Gasteiger partial charge in [-0.05, 0) is 31.0 Å². The standard InChI is InChI=1S/C16H18ClN3O/c1-3-7-16(11-19,8-4-2)15(21)20-14-9-12(10-18)5-6-13(14)17/h5-6,9H,3-4,7-8H2,1-2H3,(H,20,21). The summed E-state index contributed by atoms with van der Waals surface area (Å²) in [5.41, 5.74) is -0.272. The van der Waals surface area contributed by atoms with Crippen LogP contribution in [-0.2, 0) is 4.79 Å². The van der Waals surface area contributed by atoms with E-state index in [0.717, 1.165) is 12.8 Å². The highest BCUT2D eigenvalue weighted by molar-refractivity contribution is 6.33. The smallest absolute Gasteiger partial charge is 0.244 e. The number of nitrogens with one attached hydrogen (secondary N) is 1. The van der Waals surface area contributed by atoms with Crippen LogP contribution in [0.25, 0.3) is 0 Å². The molecule has 21 heavy (non-hydrogen) atoms. The molecule has 0 radical (unpaired) electrons. The average molecular weight is 304 g/mol. The lowest BCUT2D eigenvalue weighted by Gasteiger charge is -2.24. The first-order chi connectivity index (χ1) is 10.0. The van der Waals surface area contributed by atoms with Gasteiger partial charge >= 0.3 is 0 Å². The van der Waals surface area contributed by atoms with Crippen LogP contribution >= 0.6 is 11.6 Å². The fourth-order valence-corrected chi connectivity index (χ4v) is 2.47. The Labute approximate surface area is 130 Å². The van der Waals surface area contributed by atoms with Crippen molar-refractivity contribution < 1.29 is 4.79 Å². The van der Waals surface area contributed by atoms with Crippen LogP contribution in [0.15, 0.2) is 18.2 Å². The van der Waals surface area contributed by atoms with Gasteiger partial charge in [-0.1, -0.05) is 38.3 Å². The molecule has 0 bridgehead atoms. The van der Waals surface area contributed by atoms with E-state index < -0.39 is 5.41 Å². The Hall–Kier alpha value is -2.04. The molecule has 0 aliphatic heterocycles. The first-order valence-electron chi connectivity index (χ1n) is 6.95. The lowest BCUT2D eigenvalue weighted by molar-refractivity contribution is -0.123. The molecule has 1 aromatic rings. The predicted octanol–water partition coefficient (Wildman–Crippen LogP) is 4.26. The summed E-state index contributed by atoms with van der Waals surface area (Å²) in [4.78, 5) is 12.5. The predicted molar refractivity (Wildman–Crippen MR) is 82.7 cm³/mol. The average Bonchev–Trinajstić information content (AvgIpc) is 2.49. The molecule has 0 atom stereocenters. The molecule has 0 unspecified atom stereocenters. The topological polar surface area (TPSA) is 76.7 Å². The molecule has 1 N–H and O–H groups in total. The number of hydrogen-bond acceptors (Lipinski definition) is 3. The molecule has 0 aliphatic rings. The number of anilines is 1. The molecular formula is C16H18ClN3O. The zero-order valence-electron chi connectivity index (χ0n) is 12.2. The summed E-state index contributed by atoms with van der Waals surface area (Å²) in [6.07, 6.45) is 2.48. The zero-order valence-corrected chi connectivity index (χ0v) is 13.0. The molecule has 0 saturated carbocycles. The Morgan fingerprint density at radius 3 is 2.38 bits per heavy atom. The van der Waals surface area contributed by atoms with Crippen LogP contribution in [0, 0.1) is 28.1 Å². The summed E-state index contributed by atoms with van der Waals surface area (Å²) >= 11 is 6.04. The van der Waals surface area contributed by atoms with Crippen LogP contribution in [0.1, 0.15) is 45.1 Å². The second kappa shape index (κ2) is 7.67. The minimum Gasteiger partial charge on any atom is -0.323 e. The highest BCUT2D eigenvalue weighted by Crippen LogP contribution is 2.32. The molecule has 1 aromatic carbocycles. The van der Waals surface area contributed by atoms with Crippen molar-refractivity contribution in [3.05, 3.63) is 28.8 Å². The molecule has 4 nitrogen and oxygen atoms in total. The van der Waals surface area contributed by atoms with Gasteiger partial charge in [-0.2, -0.15) is 10.5 Å². The largest absolute Gasteiger partial charge is 0.323 e. The molecule has 0 aromatic heterocycles. The molecule has 110 valence electrons. The fourth-order valence-electron chi connectivity index (χ4n) is 2.30. The number of hydrogen-bond donors (Lipinski definition) is 1. The van der Waals surface area contributed by atoms with Crippen LogP contribution in [-0.4, -0.2) is 5.91 Å². The Morgan fingerprint density at radius 1 is 1.29 bits per heavy atom. The van der Waals surface area contributed by atoms with Crippen molar-refractivity contribution in [1.29, 1.82) is 10.5 Å². The van der Waals surface area contributed by atoms with Gasteiger partial charge in [0.1, 0.15) is 5.41 Å². The van der Waals surface area contributed by atoms with Crippen molar-refractivity contribution in [2.45, 2.75) is 39.5 Å². The minimum atomic E-state index is -1.05. The maximum atomic E-state index is 12.5. The Bertz CT molecular complexity index is 593. The second-order valence-electron chi connectivity index (χ2n) is 4.95. The summed E-state index contributed by atoms with van der Waals surface area (Å²) in [5.74, 6) is -0.356. The van der Waals surface area contributed by atoms with E-state index in [1.165, 1.54) is 6.07 Å². The van der Waals surface area contributed by atoms with E-state index in [9.17, 15) is 10.1 Å². The third kappa shape index (κ3) is 3.97. The van der Waals surface area contributed by atoms with E-state index >= 15 is 0 Å². The third-order valence-electron chi connectivity index (χ3n) is 3.35. The fraction of sp³-hybridized carbons (Fsp3) is 0.438. The highest BCUT2D eigenvalue weighted by atomic mass is 35.5. The molecular weight excluding hydrogens is 286 g/mol. The Kier molecular flexibility index (Phi) is 6.21. The van der Waals surface area contributed by atoms with Crippen LogP contribution in [0.3, 0.4) is 0 Å². The van der Waals surface area contributed by atoms with Gasteiger partial charge in [-0.15, -0.1) is 0 Å².